The van der Waals surface area contributed by atoms with E-state index in [0.717, 1.165) is 0 Å². The first-order valence-corrected chi connectivity index (χ1v) is 4.30. The van der Waals surface area contributed by atoms with Crippen LogP contribution in [0.5, 0.6) is 11.5 Å². The van der Waals surface area contributed by atoms with Crippen molar-refractivity contribution in [3.8, 4) is 11.5 Å². The zero-order chi connectivity index (χ0) is 11.4. The molecule has 3 N–H and O–H groups in total. The molecule has 0 aliphatic rings. The lowest BCUT2D eigenvalue weighted by Crippen LogP contribution is -2.21. The molecule has 5 heteroatoms. The van der Waals surface area contributed by atoms with Gasteiger partial charge < -0.3 is 20.3 Å². The minimum absolute atomic E-state index is 0.296. The molecule has 0 radical (unpaired) electrons. The van der Waals surface area contributed by atoms with E-state index in [2.05, 4.69) is 0 Å². The first kappa shape index (κ1) is 11.3. The molecule has 15 heavy (non-hydrogen) atoms. The summed E-state index contributed by atoms with van der Waals surface area (Å²) < 4.78 is 10.1. The molecule has 0 spiro atoms. The zero-order valence-corrected chi connectivity index (χ0v) is 8.56. The van der Waals surface area contributed by atoms with Gasteiger partial charge in [-0.15, -0.1) is 0 Å². The summed E-state index contributed by atoms with van der Waals surface area (Å²) in [7, 11) is 2.90. The van der Waals surface area contributed by atoms with Gasteiger partial charge in [0, 0.05) is 5.56 Å². The molecule has 0 aliphatic carbocycles. The standard InChI is InChI=1S/C10H13NO4/c1-14-7-5-3-4-6(9(7)15-2)8(12)10(11)13/h3-5,8,12H,1-2H3,(H2,11,13). The molecule has 1 rings (SSSR count). The lowest BCUT2D eigenvalue weighted by Gasteiger charge is -2.14. The molecule has 0 saturated heterocycles. The summed E-state index contributed by atoms with van der Waals surface area (Å²) in [5.41, 5.74) is 5.29. The van der Waals surface area contributed by atoms with Crippen molar-refractivity contribution in [3.05, 3.63) is 23.8 Å². The number of primary amides is 1. The Morgan fingerprint density at radius 2 is 2.07 bits per heavy atom. The minimum Gasteiger partial charge on any atom is -0.493 e. The predicted octanol–water partition coefficient (Wildman–Crippen LogP) is 0.223. The van der Waals surface area contributed by atoms with E-state index in [1.807, 2.05) is 0 Å². The lowest BCUT2D eigenvalue weighted by atomic mass is 10.1. The van der Waals surface area contributed by atoms with E-state index >= 15 is 0 Å². The van der Waals surface area contributed by atoms with E-state index in [4.69, 9.17) is 15.2 Å². The monoisotopic (exact) mass is 211 g/mol. The third-order valence-corrected chi connectivity index (χ3v) is 2.00. The molecule has 0 aliphatic heterocycles. The van der Waals surface area contributed by atoms with Crippen molar-refractivity contribution in [3.63, 3.8) is 0 Å². The topological polar surface area (TPSA) is 81.8 Å². The number of benzene rings is 1. The van der Waals surface area contributed by atoms with Crippen LogP contribution in [-0.4, -0.2) is 25.2 Å². The van der Waals surface area contributed by atoms with Gasteiger partial charge >= 0.3 is 0 Å². The van der Waals surface area contributed by atoms with Crippen LogP contribution in [-0.2, 0) is 4.79 Å². The van der Waals surface area contributed by atoms with Gasteiger partial charge in [0.1, 0.15) is 0 Å². The summed E-state index contributed by atoms with van der Waals surface area (Å²) in [6, 6.07) is 4.86. The molecule has 0 heterocycles. The average Bonchev–Trinajstić information content (AvgIpc) is 2.26. The highest BCUT2D eigenvalue weighted by atomic mass is 16.5. The van der Waals surface area contributed by atoms with Crippen LogP contribution in [0.25, 0.3) is 0 Å². The summed E-state index contributed by atoms with van der Waals surface area (Å²) in [5, 5.41) is 9.52. The molecule has 1 atom stereocenters. The Hall–Kier alpha value is -1.75. The third kappa shape index (κ3) is 2.19. The number of methoxy groups -OCH3 is 2. The van der Waals surface area contributed by atoms with Gasteiger partial charge in [0.05, 0.1) is 14.2 Å². The number of aliphatic hydroxyl groups is 1. The van der Waals surface area contributed by atoms with Gasteiger partial charge in [0.25, 0.3) is 5.91 Å². The fourth-order valence-electron chi connectivity index (χ4n) is 1.28. The van der Waals surface area contributed by atoms with Crippen LogP contribution in [0.4, 0.5) is 0 Å². The molecule has 0 aromatic heterocycles. The maximum absolute atomic E-state index is 10.8. The first-order valence-electron chi connectivity index (χ1n) is 4.30. The fraction of sp³-hybridized carbons (Fsp3) is 0.300. The number of para-hydroxylation sites is 1. The number of aliphatic hydroxyl groups excluding tert-OH is 1. The molecule has 5 nitrogen and oxygen atoms in total. The Bertz CT molecular complexity index is 364. The molecule has 1 aromatic carbocycles. The highest BCUT2D eigenvalue weighted by molar-refractivity contribution is 5.81. The van der Waals surface area contributed by atoms with Gasteiger partial charge in [-0.05, 0) is 6.07 Å². The van der Waals surface area contributed by atoms with Crippen molar-refractivity contribution >= 4 is 5.91 Å². The fourth-order valence-corrected chi connectivity index (χ4v) is 1.28. The van der Waals surface area contributed by atoms with Crippen molar-refractivity contribution in [1.82, 2.24) is 0 Å². The number of amides is 1. The number of carbonyl (C=O) groups is 1. The second-order valence-corrected chi connectivity index (χ2v) is 2.89. The maximum Gasteiger partial charge on any atom is 0.251 e. The highest BCUT2D eigenvalue weighted by Crippen LogP contribution is 2.34. The van der Waals surface area contributed by atoms with E-state index in [0.29, 0.717) is 17.1 Å². The van der Waals surface area contributed by atoms with Crippen molar-refractivity contribution in [2.75, 3.05) is 14.2 Å². The Kier molecular flexibility index (Phi) is 3.51. The largest absolute Gasteiger partial charge is 0.493 e. The van der Waals surface area contributed by atoms with Crippen LogP contribution in [0.3, 0.4) is 0 Å². The van der Waals surface area contributed by atoms with E-state index in [9.17, 15) is 9.90 Å². The van der Waals surface area contributed by atoms with Crippen LogP contribution < -0.4 is 15.2 Å². The second kappa shape index (κ2) is 4.65. The SMILES string of the molecule is COc1cccc(C(O)C(N)=O)c1OC. The van der Waals surface area contributed by atoms with E-state index < -0.39 is 12.0 Å². The average molecular weight is 211 g/mol. The maximum atomic E-state index is 10.8. The quantitative estimate of drug-likeness (QED) is 0.746. The Balaban J connectivity index is 3.22. The van der Waals surface area contributed by atoms with E-state index in [1.54, 1.807) is 18.2 Å². The smallest absolute Gasteiger partial charge is 0.251 e. The van der Waals surface area contributed by atoms with Gasteiger partial charge in [0.2, 0.25) is 0 Å². The summed E-state index contributed by atoms with van der Waals surface area (Å²) in [5.74, 6) is -0.0804. The van der Waals surface area contributed by atoms with Crippen LogP contribution in [0.2, 0.25) is 0 Å². The van der Waals surface area contributed by atoms with Crippen LogP contribution in [0, 0.1) is 0 Å². The van der Waals surface area contributed by atoms with Gasteiger partial charge in [-0.25, -0.2) is 0 Å². The van der Waals surface area contributed by atoms with Crippen LogP contribution in [0.1, 0.15) is 11.7 Å². The third-order valence-electron chi connectivity index (χ3n) is 2.00. The molecule has 0 saturated carbocycles. The van der Waals surface area contributed by atoms with E-state index in [1.165, 1.54) is 14.2 Å². The van der Waals surface area contributed by atoms with Crippen LogP contribution >= 0.6 is 0 Å². The molecular weight excluding hydrogens is 198 g/mol. The number of rotatable bonds is 4. The number of carbonyl (C=O) groups excluding carboxylic acids is 1. The summed E-state index contributed by atoms with van der Waals surface area (Å²) in [6.07, 6.45) is -1.39. The van der Waals surface area contributed by atoms with Gasteiger partial charge in [-0.3, -0.25) is 4.79 Å². The van der Waals surface area contributed by atoms with Crippen molar-refractivity contribution in [2.24, 2.45) is 5.73 Å². The molecule has 82 valence electrons. The first-order chi connectivity index (χ1) is 7.11. The second-order valence-electron chi connectivity index (χ2n) is 2.89. The predicted molar refractivity (Wildman–Crippen MR) is 53.7 cm³/mol. The Morgan fingerprint density at radius 3 is 2.53 bits per heavy atom. The van der Waals surface area contributed by atoms with Crippen molar-refractivity contribution in [1.29, 1.82) is 0 Å². The number of ether oxygens (including phenoxy) is 2. The van der Waals surface area contributed by atoms with Crippen LogP contribution in [0.15, 0.2) is 18.2 Å². The number of nitrogens with two attached hydrogens (primary N) is 1. The summed E-state index contributed by atoms with van der Waals surface area (Å²) in [6.45, 7) is 0. The molecule has 1 amide bonds. The lowest BCUT2D eigenvalue weighted by molar-refractivity contribution is -0.126. The normalized spacial score (nSPS) is 11.9. The number of hydrogen-bond acceptors (Lipinski definition) is 4. The molecule has 0 fully saturated rings. The Labute approximate surface area is 87.4 Å². The van der Waals surface area contributed by atoms with Gasteiger partial charge in [0.15, 0.2) is 17.6 Å². The van der Waals surface area contributed by atoms with Gasteiger partial charge in [-0.2, -0.15) is 0 Å². The molecule has 0 bridgehead atoms. The zero-order valence-electron chi connectivity index (χ0n) is 8.56. The molecular formula is C10H13NO4. The molecule has 1 unspecified atom stereocenters. The molecule has 1 aromatic rings. The van der Waals surface area contributed by atoms with Gasteiger partial charge in [-0.1, -0.05) is 12.1 Å². The van der Waals surface area contributed by atoms with E-state index in [-0.39, 0.29) is 0 Å². The minimum atomic E-state index is -1.39. The summed E-state index contributed by atoms with van der Waals surface area (Å²) >= 11 is 0. The highest BCUT2D eigenvalue weighted by Gasteiger charge is 2.20. The summed E-state index contributed by atoms with van der Waals surface area (Å²) in [4.78, 5) is 10.8. The number of hydrogen-bond donors (Lipinski definition) is 2. The Morgan fingerprint density at radius 1 is 1.40 bits per heavy atom. The van der Waals surface area contributed by atoms with Crippen molar-refractivity contribution in [2.45, 2.75) is 6.10 Å². The van der Waals surface area contributed by atoms with Crippen molar-refractivity contribution < 1.29 is 19.4 Å².